The fourth-order valence-electron chi connectivity index (χ4n) is 1.41. The number of esters is 1. The number of carbonyl (C=O) groups is 1. The minimum absolute atomic E-state index is 0.145. The van der Waals surface area contributed by atoms with Crippen LogP contribution >= 0.6 is 16.0 Å². The number of hydrogen-bond donors (Lipinski definition) is 0. The largest absolute Gasteiger partial charge is 0.468 e. The summed E-state index contributed by atoms with van der Waals surface area (Å²) in [5.74, 6) is -0.719. The molecule has 0 heterocycles. The van der Waals surface area contributed by atoms with E-state index < -0.39 is 27.3 Å². The van der Waals surface area contributed by atoms with Gasteiger partial charge in [0.2, 0.25) is 5.40 Å². The smallest absolute Gasteiger partial charge is 0.353 e. The van der Waals surface area contributed by atoms with Gasteiger partial charge in [-0.1, -0.05) is 0 Å². The summed E-state index contributed by atoms with van der Waals surface area (Å²) >= 11 is 0. The summed E-state index contributed by atoms with van der Waals surface area (Å²) in [5, 5.41) is -1.21. The first-order valence-electron chi connectivity index (χ1n) is 6.52. The third kappa shape index (κ3) is 5.76. The molecule has 0 radical (unpaired) electrons. The highest BCUT2D eigenvalue weighted by Crippen LogP contribution is 2.66. The monoisotopic (exact) mass is 330 g/mol. The van der Waals surface area contributed by atoms with Crippen LogP contribution in [-0.2, 0) is 32.2 Å². The first-order chi connectivity index (χ1) is 9.50. The normalized spacial score (nSPS) is 13.5. The molecule has 0 aromatic carbocycles. The predicted octanol–water partition coefficient (Wildman–Crippen LogP) is 3.14. The van der Waals surface area contributed by atoms with E-state index in [-0.39, 0.29) is 13.2 Å². The Morgan fingerprint density at radius 1 is 1.00 bits per heavy atom. The lowest BCUT2D eigenvalue weighted by atomic mass is 10.8. The second kappa shape index (κ2) is 10.7. The first kappa shape index (κ1) is 20.0. The van der Waals surface area contributed by atoms with Gasteiger partial charge in [0, 0.05) is 0 Å². The molecule has 0 aliphatic rings. The van der Waals surface area contributed by atoms with Crippen molar-refractivity contribution in [3.05, 3.63) is 0 Å². The van der Waals surface area contributed by atoms with Crippen LogP contribution in [0.25, 0.3) is 0 Å². The predicted molar refractivity (Wildman–Crippen MR) is 76.8 cm³/mol. The number of rotatable bonds is 11. The highest BCUT2D eigenvalue weighted by molar-refractivity contribution is 7.71. The molecule has 0 amide bonds. The number of methoxy groups -OCH3 is 1. The van der Waals surface area contributed by atoms with Crippen molar-refractivity contribution in [2.75, 3.05) is 33.5 Å². The average Bonchev–Trinajstić information content (AvgIpc) is 2.39. The Morgan fingerprint density at radius 3 is 1.75 bits per heavy atom. The summed E-state index contributed by atoms with van der Waals surface area (Å²) in [7, 11) is -4.27. The summed E-state index contributed by atoms with van der Waals surface area (Å²) in [6.07, 6.45) is 0. The van der Waals surface area contributed by atoms with Crippen molar-refractivity contribution in [2.24, 2.45) is 0 Å². The van der Waals surface area contributed by atoms with Crippen molar-refractivity contribution < 1.29 is 32.2 Å². The van der Waals surface area contributed by atoms with Gasteiger partial charge in [0.05, 0.1) is 33.5 Å². The number of carbonyl (C=O) groups excluding carboxylic acids is 1. The van der Waals surface area contributed by atoms with Gasteiger partial charge in [-0.15, -0.1) is 0 Å². The SMILES string of the molecule is CCOP(OCC)C(C(=O)OC)P(=O)(OCC)OCC. The van der Waals surface area contributed by atoms with E-state index >= 15 is 0 Å². The van der Waals surface area contributed by atoms with E-state index in [1.807, 2.05) is 0 Å². The lowest BCUT2D eigenvalue weighted by molar-refractivity contribution is -0.139. The summed E-state index contributed by atoms with van der Waals surface area (Å²) in [6.45, 7) is 7.78. The Labute approximate surface area is 121 Å². The van der Waals surface area contributed by atoms with Gasteiger partial charge in [0.1, 0.15) is 0 Å². The first-order valence-corrected chi connectivity index (χ1v) is 9.38. The van der Waals surface area contributed by atoms with Crippen molar-refractivity contribution in [1.82, 2.24) is 0 Å². The molecule has 0 aromatic heterocycles. The third-order valence-electron chi connectivity index (χ3n) is 2.04. The topological polar surface area (TPSA) is 80.3 Å². The van der Waals surface area contributed by atoms with Crippen LogP contribution in [0.5, 0.6) is 0 Å². The van der Waals surface area contributed by atoms with Crippen molar-refractivity contribution in [3.8, 4) is 0 Å². The van der Waals surface area contributed by atoms with E-state index in [0.717, 1.165) is 0 Å². The maximum atomic E-state index is 12.8. The lowest BCUT2D eigenvalue weighted by Gasteiger charge is -2.29. The maximum Gasteiger partial charge on any atom is 0.353 e. The zero-order chi connectivity index (χ0) is 15.6. The van der Waals surface area contributed by atoms with Crippen molar-refractivity contribution in [2.45, 2.75) is 33.1 Å². The summed E-state index contributed by atoms with van der Waals surface area (Å²) < 4.78 is 38.8. The Bertz CT molecular complexity index is 308. The fraction of sp³-hybridized carbons (Fsp3) is 0.909. The van der Waals surface area contributed by atoms with Crippen LogP contribution in [0.15, 0.2) is 0 Å². The van der Waals surface area contributed by atoms with Crippen LogP contribution in [0.1, 0.15) is 27.7 Å². The van der Waals surface area contributed by atoms with E-state index in [4.69, 9.17) is 22.8 Å². The van der Waals surface area contributed by atoms with E-state index in [9.17, 15) is 9.36 Å². The van der Waals surface area contributed by atoms with Gasteiger partial charge < -0.3 is 22.8 Å². The molecule has 0 N–H and O–H groups in total. The Hall–Kier alpha value is -0.0300. The molecule has 1 atom stereocenters. The molecule has 7 nitrogen and oxygen atoms in total. The van der Waals surface area contributed by atoms with Crippen LogP contribution < -0.4 is 0 Å². The quantitative estimate of drug-likeness (QED) is 0.425. The zero-order valence-corrected chi connectivity index (χ0v) is 14.4. The van der Waals surface area contributed by atoms with Crippen molar-refractivity contribution in [1.29, 1.82) is 0 Å². The van der Waals surface area contributed by atoms with E-state index in [1.165, 1.54) is 7.11 Å². The van der Waals surface area contributed by atoms with Gasteiger partial charge in [-0.3, -0.25) is 9.36 Å². The summed E-state index contributed by atoms with van der Waals surface area (Å²) in [5.41, 5.74) is 0. The summed E-state index contributed by atoms with van der Waals surface area (Å²) in [4.78, 5) is 12.0. The molecular formula is C11H24O7P2. The molecule has 120 valence electrons. The van der Waals surface area contributed by atoms with E-state index in [2.05, 4.69) is 0 Å². The van der Waals surface area contributed by atoms with E-state index in [1.54, 1.807) is 27.7 Å². The molecule has 1 unspecified atom stereocenters. The molecule has 0 spiro atoms. The lowest BCUT2D eigenvalue weighted by Crippen LogP contribution is -2.25. The molecule has 0 saturated carbocycles. The second-order valence-corrected chi connectivity index (χ2v) is 7.52. The van der Waals surface area contributed by atoms with Gasteiger partial charge in [-0.2, -0.15) is 0 Å². The molecule has 0 fully saturated rings. The summed E-state index contributed by atoms with van der Waals surface area (Å²) in [6, 6.07) is 0. The molecular weight excluding hydrogens is 306 g/mol. The van der Waals surface area contributed by atoms with Crippen LogP contribution in [0.3, 0.4) is 0 Å². The molecule has 0 aliphatic carbocycles. The number of hydrogen-bond acceptors (Lipinski definition) is 7. The second-order valence-electron chi connectivity index (χ2n) is 3.39. The third-order valence-corrected chi connectivity index (χ3v) is 7.14. The minimum atomic E-state index is -3.71. The molecule has 0 saturated heterocycles. The highest BCUT2D eigenvalue weighted by Gasteiger charge is 2.49. The highest BCUT2D eigenvalue weighted by atomic mass is 31.2. The molecule has 0 aromatic rings. The van der Waals surface area contributed by atoms with Gasteiger partial charge in [0.15, 0.2) is 8.38 Å². The molecule has 0 aliphatic heterocycles. The van der Waals surface area contributed by atoms with Gasteiger partial charge in [-0.25, -0.2) is 0 Å². The van der Waals surface area contributed by atoms with Crippen LogP contribution in [-0.4, -0.2) is 44.9 Å². The van der Waals surface area contributed by atoms with Gasteiger partial charge >= 0.3 is 13.6 Å². The average molecular weight is 330 g/mol. The van der Waals surface area contributed by atoms with Crippen LogP contribution in [0.4, 0.5) is 0 Å². The molecule has 0 bridgehead atoms. The van der Waals surface area contributed by atoms with Crippen molar-refractivity contribution >= 4 is 21.9 Å². The molecule has 0 rings (SSSR count). The number of ether oxygens (including phenoxy) is 1. The fourth-order valence-corrected chi connectivity index (χ4v) is 5.71. The van der Waals surface area contributed by atoms with Crippen LogP contribution in [0.2, 0.25) is 0 Å². The van der Waals surface area contributed by atoms with Gasteiger partial charge in [0.25, 0.3) is 0 Å². The van der Waals surface area contributed by atoms with Gasteiger partial charge in [-0.05, 0) is 27.7 Å². The Balaban J connectivity index is 5.46. The zero-order valence-electron chi connectivity index (χ0n) is 12.7. The van der Waals surface area contributed by atoms with Crippen LogP contribution in [0, 0.1) is 0 Å². The molecule has 20 heavy (non-hydrogen) atoms. The molecule has 9 heteroatoms. The van der Waals surface area contributed by atoms with Crippen molar-refractivity contribution in [3.63, 3.8) is 0 Å². The maximum absolute atomic E-state index is 12.8. The Morgan fingerprint density at radius 2 is 1.45 bits per heavy atom. The van der Waals surface area contributed by atoms with E-state index in [0.29, 0.717) is 13.2 Å². The minimum Gasteiger partial charge on any atom is -0.468 e. The standard InChI is InChI=1S/C11H24O7P2/c1-6-15-19(16-7-2)11(10(12)14-5)20(13,17-8-3)18-9-4/h11H,6-9H2,1-5H3. The Kier molecular flexibility index (Phi) is 10.6.